The van der Waals surface area contributed by atoms with Gasteiger partial charge in [-0.25, -0.2) is 9.18 Å². The standard InChI is InChI=1S/C22H16FNO3/c23-17-9-6-14(7-10-17)20-13-16-12-15(8-11-19(16)22(26)27-20)21(25)24-18-4-2-1-3-5-18/h1-12,20H,13H2,(H,24,25). The number of nitrogens with one attached hydrogen (secondary N) is 1. The SMILES string of the molecule is O=C(Nc1ccccc1)c1ccc2c(c1)CC(c1ccc(F)cc1)OC2=O. The lowest BCUT2D eigenvalue weighted by atomic mass is 9.93. The maximum absolute atomic E-state index is 13.1. The molecule has 1 aliphatic heterocycles. The van der Waals surface area contributed by atoms with Gasteiger partial charge in [0.25, 0.3) is 5.91 Å². The zero-order chi connectivity index (χ0) is 18.8. The molecule has 1 aliphatic rings. The minimum atomic E-state index is -0.502. The van der Waals surface area contributed by atoms with E-state index in [-0.39, 0.29) is 11.7 Å². The number of ether oxygens (including phenoxy) is 1. The Bertz CT molecular complexity index is 1000. The van der Waals surface area contributed by atoms with Gasteiger partial charge in [0.2, 0.25) is 0 Å². The molecule has 134 valence electrons. The summed E-state index contributed by atoms with van der Waals surface area (Å²) < 4.78 is 18.6. The molecule has 3 aromatic carbocycles. The van der Waals surface area contributed by atoms with Gasteiger partial charge in [0.1, 0.15) is 11.9 Å². The van der Waals surface area contributed by atoms with Gasteiger partial charge >= 0.3 is 5.97 Å². The van der Waals surface area contributed by atoms with Crippen LogP contribution in [0.3, 0.4) is 0 Å². The second-order valence-electron chi connectivity index (χ2n) is 6.34. The van der Waals surface area contributed by atoms with Crippen LogP contribution in [0.2, 0.25) is 0 Å². The molecule has 0 fully saturated rings. The van der Waals surface area contributed by atoms with E-state index in [4.69, 9.17) is 4.74 Å². The van der Waals surface area contributed by atoms with Gasteiger partial charge in [-0.3, -0.25) is 4.79 Å². The van der Waals surface area contributed by atoms with Crippen LogP contribution in [0, 0.1) is 5.82 Å². The number of para-hydroxylation sites is 1. The average molecular weight is 361 g/mol. The predicted octanol–water partition coefficient (Wildman–Crippen LogP) is 4.53. The molecule has 0 saturated carbocycles. The number of esters is 1. The maximum Gasteiger partial charge on any atom is 0.339 e. The van der Waals surface area contributed by atoms with Crippen molar-refractivity contribution in [1.29, 1.82) is 0 Å². The summed E-state index contributed by atoms with van der Waals surface area (Å²) in [7, 11) is 0. The van der Waals surface area contributed by atoms with E-state index in [1.807, 2.05) is 18.2 Å². The fourth-order valence-electron chi connectivity index (χ4n) is 3.13. The van der Waals surface area contributed by atoms with Gasteiger partial charge in [-0.1, -0.05) is 30.3 Å². The molecule has 0 spiro atoms. The van der Waals surface area contributed by atoms with Crippen LogP contribution in [-0.4, -0.2) is 11.9 Å². The third kappa shape index (κ3) is 3.58. The van der Waals surface area contributed by atoms with Crippen molar-refractivity contribution in [1.82, 2.24) is 0 Å². The zero-order valence-electron chi connectivity index (χ0n) is 14.3. The Labute approximate surface area is 155 Å². The normalized spacial score (nSPS) is 15.6. The summed E-state index contributed by atoms with van der Waals surface area (Å²) in [6, 6.07) is 20.0. The average Bonchev–Trinajstić information content (AvgIpc) is 2.69. The second kappa shape index (κ2) is 7.03. The van der Waals surface area contributed by atoms with Gasteiger partial charge in [-0.2, -0.15) is 0 Å². The first-order chi connectivity index (χ1) is 13.1. The van der Waals surface area contributed by atoms with E-state index in [1.165, 1.54) is 12.1 Å². The summed E-state index contributed by atoms with van der Waals surface area (Å²) in [6.45, 7) is 0. The molecule has 1 atom stereocenters. The van der Waals surface area contributed by atoms with E-state index in [0.29, 0.717) is 23.2 Å². The van der Waals surface area contributed by atoms with Gasteiger partial charge in [-0.15, -0.1) is 0 Å². The number of carbonyl (C=O) groups is 2. The van der Waals surface area contributed by atoms with Crippen LogP contribution in [-0.2, 0) is 11.2 Å². The lowest BCUT2D eigenvalue weighted by molar-refractivity contribution is 0.0252. The minimum Gasteiger partial charge on any atom is -0.454 e. The first-order valence-electron chi connectivity index (χ1n) is 8.56. The topological polar surface area (TPSA) is 55.4 Å². The van der Waals surface area contributed by atoms with Crippen molar-refractivity contribution in [3.63, 3.8) is 0 Å². The number of amides is 1. The molecule has 4 nitrogen and oxygen atoms in total. The van der Waals surface area contributed by atoms with Gasteiger partial charge < -0.3 is 10.1 Å². The molecule has 0 aliphatic carbocycles. The maximum atomic E-state index is 13.1. The van der Waals surface area contributed by atoms with Crippen LogP contribution >= 0.6 is 0 Å². The van der Waals surface area contributed by atoms with E-state index >= 15 is 0 Å². The summed E-state index contributed by atoms with van der Waals surface area (Å²) in [5, 5.41) is 2.83. The summed E-state index contributed by atoms with van der Waals surface area (Å²) in [5.41, 5.74) is 3.06. The van der Waals surface area contributed by atoms with Crippen molar-refractivity contribution < 1.29 is 18.7 Å². The van der Waals surface area contributed by atoms with Crippen LogP contribution in [0.5, 0.6) is 0 Å². The first kappa shape index (κ1) is 17.0. The van der Waals surface area contributed by atoms with Crippen LogP contribution < -0.4 is 5.32 Å². The second-order valence-corrected chi connectivity index (χ2v) is 6.34. The fraction of sp³-hybridized carbons (Fsp3) is 0.0909. The highest BCUT2D eigenvalue weighted by atomic mass is 19.1. The van der Waals surface area contributed by atoms with Crippen molar-refractivity contribution in [3.05, 3.63) is 101 Å². The highest BCUT2D eigenvalue weighted by molar-refractivity contribution is 6.05. The molecule has 5 heteroatoms. The van der Waals surface area contributed by atoms with Crippen LogP contribution in [0.1, 0.15) is 37.9 Å². The number of hydrogen-bond donors (Lipinski definition) is 1. The van der Waals surface area contributed by atoms with Crippen molar-refractivity contribution in [2.45, 2.75) is 12.5 Å². The number of cyclic esters (lactones) is 1. The molecule has 0 aromatic heterocycles. The number of fused-ring (bicyclic) bond motifs is 1. The Hall–Kier alpha value is -3.47. The Morgan fingerprint density at radius 2 is 1.74 bits per heavy atom. The van der Waals surface area contributed by atoms with Crippen molar-refractivity contribution in [3.8, 4) is 0 Å². The third-order valence-electron chi connectivity index (χ3n) is 4.52. The summed E-state index contributed by atoms with van der Waals surface area (Å²) in [6.07, 6.45) is -0.0721. The number of benzene rings is 3. The molecule has 3 aromatic rings. The quantitative estimate of drug-likeness (QED) is 0.697. The van der Waals surface area contributed by atoms with Crippen LogP contribution in [0.15, 0.2) is 72.8 Å². The lowest BCUT2D eigenvalue weighted by Gasteiger charge is -2.25. The molecule has 0 radical (unpaired) electrons. The molecule has 27 heavy (non-hydrogen) atoms. The van der Waals surface area contributed by atoms with Crippen LogP contribution in [0.4, 0.5) is 10.1 Å². The van der Waals surface area contributed by atoms with Gasteiger partial charge in [0.15, 0.2) is 0 Å². The van der Waals surface area contributed by atoms with Gasteiger partial charge in [0, 0.05) is 17.7 Å². The van der Waals surface area contributed by atoms with Gasteiger partial charge in [-0.05, 0) is 53.6 Å². The molecule has 0 saturated heterocycles. The third-order valence-corrected chi connectivity index (χ3v) is 4.52. The molecular weight excluding hydrogens is 345 g/mol. The highest BCUT2D eigenvalue weighted by Crippen LogP contribution is 2.31. The van der Waals surface area contributed by atoms with Crippen molar-refractivity contribution in [2.75, 3.05) is 5.32 Å². The number of anilines is 1. The summed E-state index contributed by atoms with van der Waals surface area (Å²) >= 11 is 0. The Morgan fingerprint density at radius 3 is 2.48 bits per heavy atom. The lowest BCUT2D eigenvalue weighted by Crippen LogP contribution is -2.23. The summed E-state index contributed by atoms with van der Waals surface area (Å²) in [5.74, 6) is -1.04. The Morgan fingerprint density at radius 1 is 1.00 bits per heavy atom. The molecule has 4 rings (SSSR count). The van der Waals surface area contributed by atoms with E-state index in [0.717, 1.165) is 11.1 Å². The Kier molecular flexibility index (Phi) is 4.42. The molecule has 1 heterocycles. The predicted molar refractivity (Wildman–Crippen MR) is 99.1 cm³/mol. The van der Waals surface area contributed by atoms with Gasteiger partial charge in [0.05, 0.1) is 5.56 Å². The smallest absolute Gasteiger partial charge is 0.339 e. The van der Waals surface area contributed by atoms with Crippen LogP contribution in [0.25, 0.3) is 0 Å². The molecule has 1 N–H and O–H groups in total. The van der Waals surface area contributed by atoms with Crippen molar-refractivity contribution >= 4 is 17.6 Å². The van der Waals surface area contributed by atoms with Crippen molar-refractivity contribution in [2.24, 2.45) is 0 Å². The molecular formula is C22H16FNO3. The Balaban J connectivity index is 1.59. The van der Waals surface area contributed by atoms with E-state index < -0.39 is 12.1 Å². The van der Waals surface area contributed by atoms with E-state index in [1.54, 1.807) is 42.5 Å². The van der Waals surface area contributed by atoms with E-state index in [2.05, 4.69) is 5.32 Å². The minimum absolute atomic E-state index is 0.249. The first-order valence-corrected chi connectivity index (χ1v) is 8.56. The monoisotopic (exact) mass is 361 g/mol. The molecule has 0 bridgehead atoms. The number of halogens is 1. The summed E-state index contributed by atoms with van der Waals surface area (Å²) in [4.78, 5) is 24.8. The fourth-order valence-corrected chi connectivity index (χ4v) is 3.13. The number of carbonyl (C=O) groups excluding carboxylic acids is 2. The number of rotatable bonds is 3. The number of hydrogen-bond acceptors (Lipinski definition) is 3. The molecule has 1 unspecified atom stereocenters. The van der Waals surface area contributed by atoms with E-state index in [9.17, 15) is 14.0 Å². The highest BCUT2D eigenvalue weighted by Gasteiger charge is 2.28. The largest absolute Gasteiger partial charge is 0.454 e. The zero-order valence-corrected chi connectivity index (χ0v) is 14.3. The molecule has 1 amide bonds.